The predicted molar refractivity (Wildman–Crippen MR) is 69.0 cm³/mol. The van der Waals surface area contributed by atoms with Gasteiger partial charge in [0.05, 0.1) is 18.4 Å². The van der Waals surface area contributed by atoms with Crippen LogP contribution in [0.15, 0.2) is 18.5 Å². The van der Waals surface area contributed by atoms with Crippen LogP contribution in [-0.4, -0.2) is 38.7 Å². The van der Waals surface area contributed by atoms with Gasteiger partial charge in [0.15, 0.2) is 0 Å². The first kappa shape index (κ1) is 11.9. The molecule has 0 aliphatic heterocycles. The van der Waals surface area contributed by atoms with Crippen molar-refractivity contribution in [2.45, 2.75) is 6.54 Å². The third kappa shape index (κ3) is 2.98. The smallest absolute Gasteiger partial charge is 0.130 e. The Bertz CT molecular complexity index is 569. The average molecular weight is 249 g/mol. The zero-order chi connectivity index (χ0) is 12.4. The van der Waals surface area contributed by atoms with Crippen LogP contribution < -0.4 is 0 Å². The molecular formula is C11H15N5S. The minimum absolute atomic E-state index is 0.597. The van der Waals surface area contributed by atoms with Crippen molar-refractivity contribution in [3.8, 4) is 11.3 Å². The molecule has 0 unspecified atom stereocenters. The largest absolute Gasteiger partial charge is 0.342 e. The highest BCUT2D eigenvalue weighted by Gasteiger charge is 2.04. The molecule has 2 heterocycles. The molecule has 0 fully saturated rings. The topological polar surface area (TPSA) is 49.7 Å². The Balaban J connectivity index is 2.41. The summed E-state index contributed by atoms with van der Waals surface area (Å²) in [6.07, 6.45) is 3.75. The molecule has 5 nitrogen and oxygen atoms in total. The highest BCUT2D eigenvalue weighted by Crippen LogP contribution is 2.15. The van der Waals surface area contributed by atoms with Crippen molar-refractivity contribution in [1.29, 1.82) is 0 Å². The lowest BCUT2D eigenvalue weighted by Gasteiger charge is -2.09. The van der Waals surface area contributed by atoms with Crippen molar-refractivity contribution in [1.82, 2.24) is 24.6 Å². The number of aromatic amines is 1. The van der Waals surface area contributed by atoms with Crippen molar-refractivity contribution < 1.29 is 0 Å². The van der Waals surface area contributed by atoms with Crippen LogP contribution in [-0.2, 0) is 13.6 Å². The van der Waals surface area contributed by atoms with Crippen LogP contribution in [0.3, 0.4) is 0 Å². The Labute approximate surface area is 105 Å². The Morgan fingerprint density at radius 2 is 2.24 bits per heavy atom. The van der Waals surface area contributed by atoms with E-state index in [1.165, 1.54) is 0 Å². The lowest BCUT2D eigenvalue weighted by atomic mass is 10.2. The summed E-state index contributed by atoms with van der Waals surface area (Å²) in [5.41, 5.74) is 1.97. The van der Waals surface area contributed by atoms with E-state index in [0.29, 0.717) is 4.64 Å². The average Bonchev–Trinajstić information content (AvgIpc) is 2.62. The molecule has 90 valence electrons. The molecule has 2 aromatic rings. The van der Waals surface area contributed by atoms with E-state index in [9.17, 15) is 0 Å². The van der Waals surface area contributed by atoms with E-state index in [4.69, 9.17) is 12.2 Å². The highest BCUT2D eigenvalue weighted by atomic mass is 32.1. The van der Waals surface area contributed by atoms with Crippen LogP contribution >= 0.6 is 12.2 Å². The van der Waals surface area contributed by atoms with Gasteiger partial charge in [0.25, 0.3) is 0 Å². The van der Waals surface area contributed by atoms with Gasteiger partial charge in [-0.2, -0.15) is 5.10 Å². The quantitative estimate of drug-likeness (QED) is 0.839. The lowest BCUT2D eigenvalue weighted by molar-refractivity contribution is 0.390. The van der Waals surface area contributed by atoms with Crippen LogP contribution in [0.2, 0.25) is 0 Å². The summed E-state index contributed by atoms with van der Waals surface area (Å²) in [4.78, 5) is 9.61. The molecular weight excluding hydrogens is 234 g/mol. The van der Waals surface area contributed by atoms with Crippen LogP contribution in [0.1, 0.15) is 5.82 Å². The maximum atomic E-state index is 5.17. The normalized spacial score (nSPS) is 11.1. The van der Waals surface area contributed by atoms with Gasteiger partial charge >= 0.3 is 0 Å². The number of rotatable bonds is 3. The highest BCUT2D eigenvalue weighted by molar-refractivity contribution is 7.71. The summed E-state index contributed by atoms with van der Waals surface area (Å²) in [7, 11) is 5.88. The van der Waals surface area contributed by atoms with E-state index in [1.807, 2.05) is 38.3 Å². The second kappa shape index (κ2) is 4.77. The van der Waals surface area contributed by atoms with E-state index in [0.717, 1.165) is 23.6 Å². The Morgan fingerprint density at radius 3 is 2.82 bits per heavy atom. The number of nitrogens with zero attached hydrogens (tertiary/aromatic N) is 4. The zero-order valence-electron chi connectivity index (χ0n) is 10.1. The first-order chi connectivity index (χ1) is 8.04. The molecule has 17 heavy (non-hydrogen) atoms. The van der Waals surface area contributed by atoms with Crippen LogP contribution in [0.25, 0.3) is 11.3 Å². The van der Waals surface area contributed by atoms with E-state index in [2.05, 4.69) is 15.1 Å². The van der Waals surface area contributed by atoms with Crippen molar-refractivity contribution in [2.75, 3.05) is 14.1 Å². The summed E-state index contributed by atoms with van der Waals surface area (Å²) in [6.45, 7) is 0.734. The van der Waals surface area contributed by atoms with Crippen molar-refractivity contribution in [3.63, 3.8) is 0 Å². The monoisotopic (exact) mass is 249 g/mol. The molecule has 2 rings (SSSR count). The zero-order valence-corrected chi connectivity index (χ0v) is 11.0. The van der Waals surface area contributed by atoms with Gasteiger partial charge < -0.3 is 9.88 Å². The SMILES string of the molecule is CN(C)Cc1nc(=S)cc(-c2cnn(C)c2)[nH]1. The van der Waals surface area contributed by atoms with Gasteiger partial charge in [0.1, 0.15) is 10.5 Å². The van der Waals surface area contributed by atoms with Gasteiger partial charge in [0, 0.05) is 18.8 Å². The molecule has 0 radical (unpaired) electrons. The van der Waals surface area contributed by atoms with Crippen molar-refractivity contribution in [3.05, 3.63) is 28.9 Å². The minimum atomic E-state index is 0.597. The third-order valence-electron chi connectivity index (χ3n) is 2.27. The molecule has 0 aliphatic rings. The minimum Gasteiger partial charge on any atom is -0.342 e. The fourth-order valence-corrected chi connectivity index (χ4v) is 1.83. The Hall–Kier alpha value is -1.53. The van der Waals surface area contributed by atoms with Gasteiger partial charge in [-0.1, -0.05) is 12.2 Å². The van der Waals surface area contributed by atoms with Crippen LogP contribution in [0, 0.1) is 4.64 Å². The molecule has 0 atom stereocenters. The molecule has 6 heteroatoms. The maximum Gasteiger partial charge on any atom is 0.130 e. The second-order valence-electron chi connectivity index (χ2n) is 4.22. The van der Waals surface area contributed by atoms with E-state index in [-0.39, 0.29) is 0 Å². The number of aryl methyl sites for hydroxylation is 1. The van der Waals surface area contributed by atoms with Gasteiger partial charge in [-0.15, -0.1) is 0 Å². The number of hydrogen-bond donors (Lipinski definition) is 1. The van der Waals surface area contributed by atoms with Gasteiger partial charge in [-0.25, -0.2) is 4.98 Å². The molecule has 2 aromatic heterocycles. The van der Waals surface area contributed by atoms with E-state index >= 15 is 0 Å². The van der Waals surface area contributed by atoms with Gasteiger partial charge in [-0.3, -0.25) is 4.68 Å². The van der Waals surface area contributed by atoms with Crippen LogP contribution in [0.5, 0.6) is 0 Å². The molecule has 0 saturated heterocycles. The standard InChI is InChI=1S/C11H15N5S/c1-15(2)7-10-13-9(4-11(17)14-10)8-5-12-16(3)6-8/h4-6H,7H2,1-3H3,(H,13,14,17). The fourth-order valence-electron chi connectivity index (χ4n) is 1.60. The number of nitrogens with one attached hydrogen (secondary N) is 1. The molecule has 0 bridgehead atoms. The predicted octanol–water partition coefficient (Wildman–Crippen LogP) is 1.60. The number of aromatic nitrogens is 4. The lowest BCUT2D eigenvalue weighted by Crippen LogP contribution is -2.13. The van der Waals surface area contributed by atoms with Crippen molar-refractivity contribution in [2.24, 2.45) is 7.05 Å². The molecule has 0 saturated carbocycles. The van der Waals surface area contributed by atoms with E-state index < -0.39 is 0 Å². The fraction of sp³-hybridized carbons (Fsp3) is 0.364. The summed E-state index contributed by atoms with van der Waals surface area (Å²) in [6, 6.07) is 1.85. The summed E-state index contributed by atoms with van der Waals surface area (Å²) >= 11 is 5.17. The van der Waals surface area contributed by atoms with Gasteiger partial charge in [0.2, 0.25) is 0 Å². The molecule has 0 amide bonds. The van der Waals surface area contributed by atoms with Crippen LogP contribution in [0.4, 0.5) is 0 Å². The summed E-state index contributed by atoms with van der Waals surface area (Å²) in [5.74, 6) is 0.862. The van der Waals surface area contributed by atoms with Gasteiger partial charge in [-0.05, 0) is 20.2 Å². The second-order valence-corrected chi connectivity index (χ2v) is 4.64. The molecule has 0 aromatic carbocycles. The Morgan fingerprint density at radius 1 is 1.47 bits per heavy atom. The first-order valence-corrected chi connectivity index (χ1v) is 5.69. The molecule has 1 N–H and O–H groups in total. The van der Waals surface area contributed by atoms with Crippen molar-refractivity contribution >= 4 is 12.2 Å². The number of H-pyrrole nitrogens is 1. The number of hydrogen-bond acceptors (Lipinski definition) is 4. The summed E-state index contributed by atoms with van der Waals surface area (Å²) < 4.78 is 2.36. The summed E-state index contributed by atoms with van der Waals surface area (Å²) in [5, 5.41) is 4.15. The first-order valence-electron chi connectivity index (χ1n) is 5.28. The maximum absolute atomic E-state index is 5.17. The Kier molecular flexibility index (Phi) is 3.35. The molecule has 0 aliphatic carbocycles. The van der Waals surface area contributed by atoms with E-state index in [1.54, 1.807) is 10.9 Å². The third-order valence-corrected chi connectivity index (χ3v) is 2.48. The molecule has 0 spiro atoms.